The molecule has 0 saturated heterocycles. The van der Waals surface area contributed by atoms with Crippen molar-refractivity contribution in [2.75, 3.05) is 6.54 Å². The van der Waals surface area contributed by atoms with Crippen LogP contribution >= 0.6 is 11.3 Å². The van der Waals surface area contributed by atoms with Gasteiger partial charge in [-0.25, -0.2) is 4.99 Å². The van der Waals surface area contributed by atoms with Gasteiger partial charge >= 0.3 is 0 Å². The predicted molar refractivity (Wildman–Crippen MR) is 144 cm³/mol. The first kappa shape index (κ1) is 23.5. The molecule has 0 saturated carbocycles. The van der Waals surface area contributed by atoms with Crippen LogP contribution in [0.2, 0.25) is 0 Å². The maximum Gasteiger partial charge on any atom is 0.191 e. The van der Waals surface area contributed by atoms with Crippen LogP contribution in [0, 0.1) is 13.8 Å². The molecule has 0 spiro atoms. The highest BCUT2D eigenvalue weighted by molar-refractivity contribution is 7.07. The van der Waals surface area contributed by atoms with Crippen molar-refractivity contribution >= 4 is 22.8 Å². The number of hydrogen-bond donors (Lipinski definition) is 1. The zero-order valence-corrected chi connectivity index (χ0v) is 21.1. The minimum Gasteiger partial charge on any atom is -0.330 e. The number of nitrogens with zero attached hydrogens (tertiary/aromatic N) is 2. The Labute approximate surface area is 210 Å². The van der Waals surface area contributed by atoms with Gasteiger partial charge in [0.1, 0.15) is 0 Å². The largest absolute Gasteiger partial charge is 0.330 e. The standard InChI is InChI=1S/C30H31N3OS/c1-20-16-21(2)18-22(17-20)32-30-33(15-9-3-8-14-31)27(19-35-30)29(34)28-25-12-6-4-10-23(25)24-11-5-7-13-26(24)28/h4-7,10-13,16-19,28H,3,8-9,14-15,31H2,1-2H3. The van der Waals surface area contributed by atoms with Crippen molar-refractivity contribution in [1.29, 1.82) is 0 Å². The molecule has 0 aliphatic heterocycles. The first-order valence-corrected chi connectivity index (χ1v) is 13.2. The molecule has 1 heterocycles. The highest BCUT2D eigenvalue weighted by atomic mass is 32.1. The van der Waals surface area contributed by atoms with Gasteiger partial charge in [0, 0.05) is 11.9 Å². The fraction of sp³-hybridized carbons (Fsp3) is 0.267. The molecule has 1 aromatic heterocycles. The number of aromatic nitrogens is 1. The maximum absolute atomic E-state index is 14.2. The van der Waals surface area contributed by atoms with E-state index in [9.17, 15) is 4.79 Å². The third-order valence-corrected chi connectivity index (χ3v) is 7.53. The van der Waals surface area contributed by atoms with Crippen LogP contribution in [-0.2, 0) is 6.54 Å². The van der Waals surface area contributed by atoms with E-state index in [-0.39, 0.29) is 11.7 Å². The van der Waals surface area contributed by atoms with Gasteiger partial charge in [0.25, 0.3) is 0 Å². The molecule has 5 rings (SSSR count). The number of rotatable bonds is 8. The van der Waals surface area contributed by atoms with Crippen LogP contribution < -0.4 is 10.5 Å². The Hall–Kier alpha value is -3.28. The zero-order chi connectivity index (χ0) is 24.4. The molecule has 178 valence electrons. The van der Waals surface area contributed by atoms with Crippen molar-refractivity contribution < 1.29 is 4.79 Å². The average molecular weight is 482 g/mol. The summed E-state index contributed by atoms with van der Waals surface area (Å²) in [6, 6.07) is 22.9. The Morgan fingerprint density at radius 1 is 0.914 bits per heavy atom. The molecule has 4 nitrogen and oxygen atoms in total. The van der Waals surface area contributed by atoms with E-state index in [4.69, 9.17) is 10.7 Å². The van der Waals surface area contributed by atoms with Crippen LogP contribution in [0.5, 0.6) is 0 Å². The second-order valence-corrected chi connectivity index (χ2v) is 10.2. The second-order valence-electron chi connectivity index (χ2n) is 9.33. The zero-order valence-electron chi connectivity index (χ0n) is 20.3. The van der Waals surface area contributed by atoms with Gasteiger partial charge in [-0.3, -0.25) is 4.79 Å². The fourth-order valence-corrected chi connectivity index (χ4v) is 6.07. The monoisotopic (exact) mass is 481 g/mol. The van der Waals surface area contributed by atoms with Gasteiger partial charge in [0.15, 0.2) is 10.6 Å². The van der Waals surface area contributed by atoms with Crippen molar-refractivity contribution in [2.24, 2.45) is 10.7 Å². The van der Waals surface area contributed by atoms with Crippen LogP contribution in [0.1, 0.15) is 57.9 Å². The number of aryl methyl sites for hydroxylation is 2. The molecule has 4 aromatic rings. The number of carbonyl (C=O) groups is 1. The molecule has 0 atom stereocenters. The van der Waals surface area contributed by atoms with E-state index in [0.29, 0.717) is 6.54 Å². The predicted octanol–water partition coefficient (Wildman–Crippen LogP) is 6.52. The number of benzene rings is 3. The van der Waals surface area contributed by atoms with Gasteiger partial charge in [-0.15, -0.1) is 11.3 Å². The molecule has 0 amide bonds. The van der Waals surface area contributed by atoms with Gasteiger partial charge in [-0.05, 0) is 78.7 Å². The lowest BCUT2D eigenvalue weighted by Gasteiger charge is -2.15. The Morgan fingerprint density at radius 2 is 1.54 bits per heavy atom. The highest BCUT2D eigenvalue weighted by Crippen LogP contribution is 2.45. The number of carbonyl (C=O) groups excluding carboxylic acids is 1. The summed E-state index contributed by atoms with van der Waals surface area (Å²) in [5.74, 6) is -0.152. The van der Waals surface area contributed by atoms with Crippen LogP contribution in [0.25, 0.3) is 11.1 Å². The lowest BCUT2D eigenvalue weighted by Crippen LogP contribution is -2.23. The first-order chi connectivity index (χ1) is 17.1. The molecule has 3 aromatic carbocycles. The Balaban J connectivity index is 1.59. The molecule has 1 aliphatic rings. The lowest BCUT2D eigenvalue weighted by molar-refractivity contribution is 0.0965. The summed E-state index contributed by atoms with van der Waals surface area (Å²) in [5.41, 5.74) is 14.3. The van der Waals surface area contributed by atoms with Crippen molar-refractivity contribution in [1.82, 2.24) is 4.57 Å². The molecular formula is C30H31N3OS. The average Bonchev–Trinajstić information content (AvgIpc) is 3.39. The van der Waals surface area contributed by atoms with Gasteiger partial charge < -0.3 is 10.3 Å². The third-order valence-electron chi connectivity index (χ3n) is 6.66. The molecular weight excluding hydrogens is 450 g/mol. The number of unbranched alkanes of at least 4 members (excludes halogenated alkanes) is 2. The summed E-state index contributed by atoms with van der Waals surface area (Å²) in [6.07, 6.45) is 2.98. The van der Waals surface area contributed by atoms with Crippen LogP contribution in [0.4, 0.5) is 5.69 Å². The molecule has 2 N–H and O–H groups in total. The second kappa shape index (κ2) is 10.1. The van der Waals surface area contributed by atoms with Crippen LogP contribution in [-0.4, -0.2) is 16.9 Å². The number of Topliss-reactive ketones (excluding diaryl/α,β-unsaturated/α-hetero) is 1. The number of fused-ring (bicyclic) bond motifs is 3. The summed E-state index contributed by atoms with van der Waals surface area (Å²) in [7, 11) is 0. The lowest BCUT2D eigenvalue weighted by atomic mass is 9.91. The summed E-state index contributed by atoms with van der Waals surface area (Å²) in [5, 5.41) is 2.00. The smallest absolute Gasteiger partial charge is 0.191 e. The first-order valence-electron chi connectivity index (χ1n) is 12.3. The summed E-state index contributed by atoms with van der Waals surface area (Å²) < 4.78 is 2.13. The topological polar surface area (TPSA) is 60.4 Å². The van der Waals surface area contributed by atoms with E-state index in [1.54, 1.807) is 11.3 Å². The molecule has 0 radical (unpaired) electrons. The molecule has 35 heavy (non-hydrogen) atoms. The van der Waals surface area contributed by atoms with Gasteiger partial charge in [-0.2, -0.15) is 0 Å². The Kier molecular flexibility index (Phi) is 6.80. The van der Waals surface area contributed by atoms with Crippen molar-refractivity contribution in [3.8, 4) is 11.1 Å². The van der Waals surface area contributed by atoms with E-state index >= 15 is 0 Å². The molecule has 1 aliphatic carbocycles. The summed E-state index contributed by atoms with van der Waals surface area (Å²) in [6.45, 7) is 5.62. The Morgan fingerprint density at radius 3 is 2.17 bits per heavy atom. The van der Waals surface area contributed by atoms with E-state index in [2.05, 4.69) is 60.9 Å². The molecule has 0 unspecified atom stereocenters. The van der Waals surface area contributed by atoms with E-state index in [1.807, 2.05) is 29.6 Å². The van der Waals surface area contributed by atoms with Crippen molar-refractivity contribution in [2.45, 2.75) is 45.6 Å². The highest BCUT2D eigenvalue weighted by Gasteiger charge is 2.35. The minimum atomic E-state index is -0.290. The van der Waals surface area contributed by atoms with Gasteiger partial charge in [-0.1, -0.05) is 61.0 Å². The maximum atomic E-state index is 14.2. The van der Waals surface area contributed by atoms with Crippen molar-refractivity contribution in [3.05, 3.63) is 105 Å². The van der Waals surface area contributed by atoms with Crippen molar-refractivity contribution in [3.63, 3.8) is 0 Å². The number of hydrogen-bond acceptors (Lipinski definition) is 4. The summed E-state index contributed by atoms with van der Waals surface area (Å²) in [4.78, 5) is 20.0. The summed E-state index contributed by atoms with van der Waals surface area (Å²) >= 11 is 1.55. The third kappa shape index (κ3) is 4.66. The minimum absolute atomic E-state index is 0.138. The molecule has 5 heteroatoms. The van der Waals surface area contributed by atoms with E-state index < -0.39 is 0 Å². The number of thiazole rings is 1. The number of nitrogens with two attached hydrogens (primary N) is 1. The van der Waals surface area contributed by atoms with Crippen LogP contribution in [0.15, 0.2) is 77.1 Å². The molecule has 0 bridgehead atoms. The van der Waals surface area contributed by atoms with Gasteiger partial charge in [0.2, 0.25) is 0 Å². The van der Waals surface area contributed by atoms with Crippen LogP contribution in [0.3, 0.4) is 0 Å². The SMILES string of the molecule is Cc1cc(C)cc(N=c2scc(C(=O)C3c4ccccc4-c4ccccc43)n2CCCCCN)c1. The quantitative estimate of drug-likeness (QED) is 0.230. The Bertz CT molecular complexity index is 1380. The number of ketones is 1. The van der Waals surface area contributed by atoms with Gasteiger partial charge in [0.05, 0.1) is 17.3 Å². The van der Waals surface area contributed by atoms with E-state index in [1.165, 1.54) is 11.1 Å². The van der Waals surface area contributed by atoms with E-state index in [0.717, 1.165) is 64.2 Å². The molecule has 0 fully saturated rings. The normalized spacial score (nSPS) is 13.2. The fourth-order valence-electron chi connectivity index (χ4n) is 5.14.